The number of Topliss-reactive ketones (excluding diaryl/α,β-unsaturated/α-hetero) is 1. The number of hydrogen-bond donors (Lipinski definition) is 0. The molecule has 0 spiro atoms. The van der Waals surface area contributed by atoms with Crippen molar-refractivity contribution in [2.75, 3.05) is 13.6 Å². The second-order valence-electron chi connectivity index (χ2n) is 5.27. The van der Waals surface area contributed by atoms with Crippen molar-refractivity contribution in [2.24, 2.45) is 11.8 Å². The van der Waals surface area contributed by atoms with E-state index < -0.39 is 6.88 Å². The smallest absolute Gasteiger partial charge is 0.150 e. The highest BCUT2D eigenvalue weighted by Gasteiger charge is 2.33. The molecule has 1 saturated heterocycles. The number of likely N-dealkylation sites (tertiary alicyclic amines) is 1. The molecule has 1 fully saturated rings. The van der Waals surface area contributed by atoms with Gasteiger partial charge < -0.3 is 0 Å². The molecule has 2 nitrogen and oxygen atoms in total. The third kappa shape index (κ3) is 3.95. The van der Waals surface area contributed by atoms with E-state index in [4.69, 9.17) is 2.74 Å². The lowest BCUT2D eigenvalue weighted by Gasteiger charge is -2.37. The number of carbonyl (C=O) groups excluding carboxylic acids is 1. The Balaban J connectivity index is 2.48. The molecule has 1 heterocycles. The Morgan fingerprint density at radius 1 is 1.53 bits per heavy atom. The van der Waals surface area contributed by atoms with E-state index in [1.165, 1.54) is 0 Å². The minimum Gasteiger partial charge on any atom is -0.298 e. The number of hydrogen-bond acceptors (Lipinski definition) is 2. The first-order valence-corrected chi connectivity index (χ1v) is 6.66. The van der Waals surface area contributed by atoms with Gasteiger partial charge in [-0.1, -0.05) is 32.9 Å². The van der Waals surface area contributed by atoms with Gasteiger partial charge in [0.25, 0.3) is 0 Å². The SMILES string of the molecule is [2H]C([2H])C/C=C/C[C@@H](C)C(C)[C@H]1C(=O)CCCN1C. The maximum atomic E-state index is 12.1. The Bertz CT molecular complexity index is 317. The first kappa shape index (κ1) is 11.5. The predicted octanol–water partition coefficient (Wildman–Crippen LogP) is 3.28. The first-order chi connectivity index (χ1) is 8.93. The summed E-state index contributed by atoms with van der Waals surface area (Å²) in [5.74, 6) is 1.18. The maximum Gasteiger partial charge on any atom is 0.150 e. The summed E-state index contributed by atoms with van der Waals surface area (Å²) in [5.41, 5.74) is 0. The number of rotatable bonds is 5. The van der Waals surface area contributed by atoms with Crippen molar-refractivity contribution in [1.29, 1.82) is 0 Å². The van der Waals surface area contributed by atoms with Crippen LogP contribution >= 0.6 is 0 Å². The normalized spacial score (nSPS) is 28.2. The van der Waals surface area contributed by atoms with Crippen LogP contribution in [0.5, 0.6) is 0 Å². The molecule has 0 saturated carbocycles. The quantitative estimate of drug-likeness (QED) is 0.686. The summed E-state index contributed by atoms with van der Waals surface area (Å²) in [5, 5.41) is 0. The highest BCUT2D eigenvalue weighted by Crippen LogP contribution is 2.26. The van der Waals surface area contributed by atoms with Gasteiger partial charge >= 0.3 is 0 Å². The van der Waals surface area contributed by atoms with Crippen LogP contribution in [-0.4, -0.2) is 30.3 Å². The van der Waals surface area contributed by atoms with Gasteiger partial charge in [-0.15, -0.1) is 0 Å². The van der Waals surface area contributed by atoms with Crippen LogP contribution in [0.15, 0.2) is 12.2 Å². The fourth-order valence-electron chi connectivity index (χ4n) is 2.66. The van der Waals surface area contributed by atoms with Crippen molar-refractivity contribution < 1.29 is 7.54 Å². The maximum absolute atomic E-state index is 12.1. The van der Waals surface area contributed by atoms with Gasteiger partial charge in [-0.3, -0.25) is 9.69 Å². The van der Waals surface area contributed by atoms with Gasteiger partial charge in [0.1, 0.15) is 5.78 Å². The average Bonchev–Trinajstić information content (AvgIpc) is 2.33. The van der Waals surface area contributed by atoms with Gasteiger partial charge in [0, 0.05) is 9.16 Å². The summed E-state index contributed by atoms with van der Waals surface area (Å²) in [6, 6.07) is 0.0669. The largest absolute Gasteiger partial charge is 0.298 e. The molecule has 1 aliphatic heterocycles. The molecule has 0 amide bonds. The number of carbonyl (C=O) groups is 1. The fourth-order valence-corrected chi connectivity index (χ4v) is 2.66. The van der Waals surface area contributed by atoms with Crippen LogP contribution in [0.25, 0.3) is 0 Å². The minimum absolute atomic E-state index is 0.0669. The lowest BCUT2D eigenvalue weighted by molar-refractivity contribution is -0.128. The van der Waals surface area contributed by atoms with Crippen LogP contribution in [0, 0.1) is 11.8 Å². The molecular weight excluding hydrogens is 210 g/mol. The summed E-state index contributed by atoms with van der Waals surface area (Å²) in [6.07, 6.45) is 7.10. The Morgan fingerprint density at radius 2 is 2.29 bits per heavy atom. The van der Waals surface area contributed by atoms with E-state index in [9.17, 15) is 4.79 Å². The van der Waals surface area contributed by atoms with Crippen molar-refractivity contribution in [1.82, 2.24) is 4.90 Å². The lowest BCUT2D eigenvalue weighted by atomic mass is 9.81. The number of likely N-dealkylation sites (N-methyl/N-ethyl adjacent to an activating group) is 1. The molecule has 1 aliphatic rings. The molecule has 3 atom stereocenters. The minimum atomic E-state index is -0.768. The second-order valence-corrected chi connectivity index (χ2v) is 5.27. The molecule has 0 aromatic rings. The molecule has 98 valence electrons. The molecule has 1 rings (SSSR count). The highest BCUT2D eigenvalue weighted by atomic mass is 16.1. The molecule has 0 bridgehead atoms. The van der Waals surface area contributed by atoms with Crippen LogP contribution in [0.4, 0.5) is 0 Å². The standard InChI is InChI=1S/C15H27NO/c1-5-6-7-9-12(2)13(3)15-14(17)10-8-11-16(15)4/h6-7,12-13,15H,5,8-11H2,1-4H3/b7-6+/t12-,13?,15+/m1/s1/i1D2. The van der Waals surface area contributed by atoms with Gasteiger partial charge in [0.2, 0.25) is 0 Å². The van der Waals surface area contributed by atoms with Crippen LogP contribution in [0.1, 0.15) is 49.1 Å². The van der Waals surface area contributed by atoms with Crippen LogP contribution in [-0.2, 0) is 4.79 Å². The lowest BCUT2D eigenvalue weighted by Crippen LogP contribution is -2.48. The van der Waals surface area contributed by atoms with E-state index in [-0.39, 0.29) is 6.04 Å². The monoisotopic (exact) mass is 239 g/mol. The number of piperidine rings is 1. The van der Waals surface area contributed by atoms with E-state index >= 15 is 0 Å². The third-order valence-electron chi connectivity index (χ3n) is 3.94. The first-order valence-electron chi connectivity index (χ1n) is 7.81. The van der Waals surface area contributed by atoms with Gasteiger partial charge in [0.05, 0.1) is 6.04 Å². The topological polar surface area (TPSA) is 20.3 Å². The molecule has 2 heteroatoms. The van der Waals surface area contributed by atoms with Gasteiger partial charge in [0.15, 0.2) is 0 Å². The van der Waals surface area contributed by atoms with E-state index in [2.05, 4.69) is 24.8 Å². The molecule has 1 unspecified atom stereocenters. The summed E-state index contributed by atoms with van der Waals surface area (Å²) in [6.45, 7) is 4.60. The van der Waals surface area contributed by atoms with Crippen molar-refractivity contribution in [3.05, 3.63) is 12.2 Å². The van der Waals surface area contributed by atoms with Gasteiger partial charge in [-0.05, 0) is 44.7 Å². The molecule has 0 radical (unpaired) electrons. The number of nitrogens with zero attached hydrogens (tertiary/aromatic N) is 1. The predicted molar refractivity (Wildman–Crippen MR) is 73.0 cm³/mol. The van der Waals surface area contributed by atoms with Crippen molar-refractivity contribution in [3.63, 3.8) is 0 Å². The fraction of sp³-hybridized carbons (Fsp3) is 0.800. The Hall–Kier alpha value is -0.630. The van der Waals surface area contributed by atoms with Crippen LogP contribution < -0.4 is 0 Å². The zero-order chi connectivity index (χ0) is 14.4. The van der Waals surface area contributed by atoms with E-state index in [1.54, 1.807) is 0 Å². The Morgan fingerprint density at radius 3 is 2.94 bits per heavy atom. The number of ketones is 1. The molecule has 17 heavy (non-hydrogen) atoms. The third-order valence-corrected chi connectivity index (χ3v) is 3.94. The summed E-state index contributed by atoms with van der Waals surface area (Å²) >= 11 is 0. The van der Waals surface area contributed by atoms with E-state index in [1.807, 2.05) is 13.1 Å². The molecular formula is C15H27NO. The molecule has 0 aromatic carbocycles. The number of allylic oxidation sites excluding steroid dienone is 2. The summed E-state index contributed by atoms with van der Waals surface area (Å²) in [4.78, 5) is 14.3. The van der Waals surface area contributed by atoms with Crippen molar-refractivity contribution >= 4 is 5.78 Å². The van der Waals surface area contributed by atoms with Crippen molar-refractivity contribution in [3.8, 4) is 0 Å². The van der Waals surface area contributed by atoms with Gasteiger partial charge in [-0.25, -0.2) is 0 Å². The second kappa shape index (κ2) is 6.95. The van der Waals surface area contributed by atoms with Crippen molar-refractivity contribution in [2.45, 2.75) is 52.4 Å². The Labute approximate surface area is 109 Å². The zero-order valence-corrected chi connectivity index (χ0v) is 11.4. The Kier molecular flexibility index (Phi) is 4.68. The average molecular weight is 239 g/mol. The zero-order valence-electron chi connectivity index (χ0n) is 13.4. The molecule has 0 aliphatic carbocycles. The summed E-state index contributed by atoms with van der Waals surface area (Å²) < 4.78 is 14.3. The van der Waals surface area contributed by atoms with Gasteiger partial charge in [-0.2, -0.15) is 0 Å². The van der Waals surface area contributed by atoms with Crippen LogP contribution in [0.2, 0.25) is 0 Å². The summed E-state index contributed by atoms with van der Waals surface area (Å²) in [7, 11) is 2.05. The highest BCUT2D eigenvalue weighted by molar-refractivity contribution is 5.85. The van der Waals surface area contributed by atoms with Crippen LogP contribution in [0.3, 0.4) is 0 Å². The molecule has 0 N–H and O–H groups in total. The van der Waals surface area contributed by atoms with E-state index in [0.717, 1.165) is 25.8 Å². The molecule has 0 aromatic heterocycles. The van der Waals surface area contributed by atoms with E-state index in [0.29, 0.717) is 24.0 Å².